The first-order valence-electron chi connectivity index (χ1n) is 8.27. The van der Waals surface area contributed by atoms with E-state index in [0.717, 1.165) is 40.1 Å². The summed E-state index contributed by atoms with van der Waals surface area (Å²) < 4.78 is 1.98. The number of aromatic nitrogens is 3. The number of fused-ring (bicyclic) bond motifs is 1. The summed E-state index contributed by atoms with van der Waals surface area (Å²) in [5.41, 5.74) is 7.76. The molecule has 0 bridgehead atoms. The lowest BCUT2D eigenvalue weighted by atomic mass is 10.0. The molecule has 0 N–H and O–H groups in total. The van der Waals surface area contributed by atoms with Gasteiger partial charge in [0.25, 0.3) is 0 Å². The van der Waals surface area contributed by atoms with Crippen molar-refractivity contribution in [2.75, 3.05) is 0 Å². The molecule has 24 heavy (non-hydrogen) atoms. The van der Waals surface area contributed by atoms with Crippen LogP contribution in [0.2, 0.25) is 0 Å². The molecule has 0 saturated carbocycles. The number of rotatable bonds is 3. The van der Waals surface area contributed by atoms with Gasteiger partial charge >= 0.3 is 0 Å². The molecule has 0 saturated heterocycles. The van der Waals surface area contributed by atoms with E-state index in [4.69, 9.17) is 5.10 Å². The first-order valence-corrected chi connectivity index (χ1v) is 8.27. The summed E-state index contributed by atoms with van der Waals surface area (Å²) in [6.45, 7) is 4.24. The molecular formula is C21H19N3. The van der Waals surface area contributed by atoms with Gasteiger partial charge in [-0.25, -0.2) is 9.50 Å². The second-order valence-electron chi connectivity index (χ2n) is 5.97. The zero-order chi connectivity index (χ0) is 16.5. The van der Waals surface area contributed by atoms with Gasteiger partial charge in [0.1, 0.15) is 0 Å². The highest BCUT2D eigenvalue weighted by molar-refractivity contribution is 5.81. The van der Waals surface area contributed by atoms with Gasteiger partial charge in [-0.15, -0.1) is 0 Å². The third-order valence-corrected chi connectivity index (χ3v) is 4.34. The van der Waals surface area contributed by atoms with Crippen LogP contribution in [0.1, 0.15) is 18.2 Å². The van der Waals surface area contributed by atoms with Crippen LogP contribution in [0, 0.1) is 6.92 Å². The molecule has 2 aromatic heterocycles. The van der Waals surface area contributed by atoms with Crippen LogP contribution in [0.4, 0.5) is 0 Å². The highest BCUT2D eigenvalue weighted by Crippen LogP contribution is 2.30. The molecule has 0 spiro atoms. The maximum Gasteiger partial charge on any atom is 0.163 e. The summed E-state index contributed by atoms with van der Waals surface area (Å²) in [4.78, 5) is 4.63. The van der Waals surface area contributed by atoms with Gasteiger partial charge in [0.2, 0.25) is 0 Å². The van der Waals surface area contributed by atoms with E-state index >= 15 is 0 Å². The highest BCUT2D eigenvalue weighted by Gasteiger charge is 2.16. The van der Waals surface area contributed by atoms with E-state index in [2.05, 4.69) is 67.4 Å². The van der Waals surface area contributed by atoms with Crippen molar-refractivity contribution >= 4 is 5.65 Å². The average Bonchev–Trinajstić information content (AvgIpc) is 3.02. The molecule has 2 heterocycles. The fourth-order valence-corrected chi connectivity index (χ4v) is 3.08. The topological polar surface area (TPSA) is 30.2 Å². The van der Waals surface area contributed by atoms with Crippen LogP contribution in [0.5, 0.6) is 0 Å². The molecular weight excluding hydrogens is 294 g/mol. The van der Waals surface area contributed by atoms with Crippen LogP contribution in [0.25, 0.3) is 28.0 Å². The number of aryl methyl sites for hydroxylation is 2. The molecule has 118 valence electrons. The maximum absolute atomic E-state index is 4.86. The Bertz CT molecular complexity index is 983. The predicted molar refractivity (Wildman–Crippen MR) is 98.0 cm³/mol. The summed E-state index contributed by atoms with van der Waals surface area (Å²) in [7, 11) is 0. The molecule has 2 aromatic carbocycles. The van der Waals surface area contributed by atoms with Crippen LogP contribution < -0.4 is 0 Å². The molecule has 0 amide bonds. The summed E-state index contributed by atoms with van der Waals surface area (Å²) in [5.74, 6) is 0. The van der Waals surface area contributed by atoms with Crippen molar-refractivity contribution in [2.24, 2.45) is 0 Å². The fourth-order valence-electron chi connectivity index (χ4n) is 3.08. The Morgan fingerprint density at radius 1 is 0.875 bits per heavy atom. The lowest BCUT2D eigenvalue weighted by molar-refractivity contribution is 0.893. The summed E-state index contributed by atoms with van der Waals surface area (Å²) in [5, 5.41) is 4.86. The maximum atomic E-state index is 4.86. The van der Waals surface area contributed by atoms with Crippen LogP contribution >= 0.6 is 0 Å². The first kappa shape index (κ1) is 14.6. The quantitative estimate of drug-likeness (QED) is 0.536. The monoisotopic (exact) mass is 313 g/mol. The molecule has 4 rings (SSSR count). The van der Waals surface area contributed by atoms with Crippen molar-refractivity contribution in [3.63, 3.8) is 0 Å². The van der Waals surface area contributed by atoms with Gasteiger partial charge in [0, 0.05) is 17.3 Å². The Morgan fingerprint density at radius 2 is 1.62 bits per heavy atom. The number of hydrogen-bond acceptors (Lipinski definition) is 2. The normalized spacial score (nSPS) is 11.1. The Morgan fingerprint density at radius 3 is 2.33 bits per heavy atom. The van der Waals surface area contributed by atoms with E-state index in [1.807, 2.05) is 22.8 Å². The van der Waals surface area contributed by atoms with E-state index in [-0.39, 0.29) is 0 Å². The second kappa shape index (κ2) is 5.93. The van der Waals surface area contributed by atoms with Crippen molar-refractivity contribution in [1.82, 2.24) is 14.6 Å². The number of hydrogen-bond donors (Lipinski definition) is 0. The van der Waals surface area contributed by atoms with Crippen LogP contribution in [0.3, 0.4) is 0 Å². The van der Waals surface area contributed by atoms with Gasteiger partial charge in [-0.2, -0.15) is 5.10 Å². The molecule has 3 heteroatoms. The van der Waals surface area contributed by atoms with Gasteiger partial charge in [-0.3, -0.25) is 0 Å². The van der Waals surface area contributed by atoms with Crippen molar-refractivity contribution < 1.29 is 0 Å². The molecule has 0 aliphatic rings. The van der Waals surface area contributed by atoms with Gasteiger partial charge in [-0.05, 0) is 25.0 Å². The largest absolute Gasteiger partial charge is 0.236 e. The van der Waals surface area contributed by atoms with Crippen molar-refractivity contribution in [3.05, 3.63) is 78.1 Å². The van der Waals surface area contributed by atoms with Crippen LogP contribution in [-0.4, -0.2) is 14.6 Å². The SMILES string of the molecule is CCc1nn2c(-c3ccc(C)cc3)ccnc2c1-c1ccccc1. The third kappa shape index (κ3) is 2.38. The highest BCUT2D eigenvalue weighted by atomic mass is 15.3. The fraction of sp³-hybridized carbons (Fsp3) is 0.143. The Hall–Kier alpha value is -2.94. The Kier molecular flexibility index (Phi) is 3.62. The molecule has 0 unspecified atom stereocenters. The minimum Gasteiger partial charge on any atom is -0.236 e. The summed E-state index contributed by atoms with van der Waals surface area (Å²) in [6, 6.07) is 21.0. The van der Waals surface area contributed by atoms with Crippen molar-refractivity contribution in [2.45, 2.75) is 20.3 Å². The lowest BCUT2D eigenvalue weighted by Crippen LogP contribution is -1.96. The number of benzene rings is 2. The standard InChI is InChI=1S/C21H19N3/c1-3-18-20(17-7-5-4-6-8-17)21-22-14-13-19(24(21)23-18)16-11-9-15(2)10-12-16/h4-14H,3H2,1-2H3. The van der Waals surface area contributed by atoms with Crippen LogP contribution in [0.15, 0.2) is 66.9 Å². The van der Waals surface area contributed by atoms with E-state index < -0.39 is 0 Å². The van der Waals surface area contributed by atoms with Crippen molar-refractivity contribution in [3.8, 4) is 22.4 Å². The second-order valence-corrected chi connectivity index (χ2v) is 5.97. The molecule has 0 atom stereocenters. The van der Waals surface area contributed by atoms with Gasteiger partial charge in [-0.1, -0.05) is 67.1 Å². The number of nitrogens with zero attached hydrogens (tertiary/aromatic N) is 3. The molecule has 3 nitrogen and oxygen atoms in total. The third-order valence-electron chi connectivity index (χ3n) is 4.34. The molecule has 4 aromatic rings. The molecule has 0 aliphatic carbocycles. The molecule has 0 fully saturated rings. The van der Waals surface area contributed by atoms with Gasteiger partial charge in [0.15, 0.2) is 5.65 Å². The Balaban J connectivity index is 1.99. The van der Waals surface area contributed by atoms with Crippen LogP contribution in [-0.2, 0) is 6.42 Å². The summed E-state index contributed by atoms with van der Waals surface area (Å²) in [6.07, 6.45) is 2.75. The zero-order valence-corrected chi connectivity index (χ0v) is 13.9. The van der Waals surface area contributed by atoms with E-state index in [9.17, 15) is 0 Å². The summed E-state index contributed by atoms with van der Waals surface area (Å²) >= 11 is 0. The van der Waals surface area contributed by atoms with Gasteiger partial charge in [0.05, 0.1) is 11.4 Å². The van der Waals surface area contributed by atoms with E-state index in [1.165, 1.54) is 5.56 Å². The minimum atomic E-state index is 0.876. The predicted octanol–water partition coefficient (Wildman–Crippen LogP) is 4.93. The smallest absolute Gasteiger partial charge is 0.163 e. The minimum absolute atomic E-state index is 0.876. The molecule has 0 radical (unpaired) electrons. The van der Waals surface area contributed by atoms with E-state index in [0.29, 0.717) is 0 Å². The molecule has 0 aliphatic heterocycles. The zero-order valence-electron chi connectivity index (χ0n) is 13.9. The van der Waals surface area contributed by atoms with Crippen molar-refractivity contribution in [1.29, 1.82) is 0 Å². The first-order chi connectivity index (χ1) is 11.8. The van der Waals surface area contributed by atoms with Gasteiger partial charge < -0.3 is 0 Å². The van der Waals surface area contributed by atoms with E-state index in [1.54, 1.807) is 0 Å². The lowest BCUT2D eigenvalue weighted by Gasteiger charge is -2.05. The average molecular weight is 313 g/mol. The Labute approximate surface area is 141 Å².